The summed E-state index contributed by atoms with van der Waals surface area (Å²) in [6.07, 6.45) is 0.749. The fourth-order valence-electron chi connectivity index (χ4n) is 1.67. The number of H-pyrrole nitrogens is 1. The van der Waals surface area contributed by atoms with Crippen molar-refractivity contribution in [1.29, 1.82) is 0 Å². The van der Waals surface area contributed by atoms with Crippen molar-refractivity contribution in [2.24, 2.45) is 0 Å². The molecule has 2 N–H and O–H groups in total. The van der Waals surface area contributed by atoms with Crippen LogP contribution in [0.2, 0.25) is 0 Å². The molecule has 2 aromatic heterocycles. The second kappa shape index (κ2) is 6.39. The van der Waals surface area contributed by atoms with Crippen LogP contribution in [0.3, 0.4) is 0 Å². The molecule has 0 saturated carbocycles. The summed E-state index contributed by atoms with van der Waals surface area (Å²) in [4.78, 5) is 26.3. The monoisotopic (exact) mass is 310 g/mol. The lowest BCUT2D eigenvalue weighted by molar-refractivity contribution is -0.388. The zero-order valence-electron chi connectivity index (χ0n) is 11.5. The summed E-state index contributed by atoms with van der Waals surface area (Å²) in [6, 6.07) is 2.89. The van der Waals surface area contributed by atoms with Crippen LogP contribution in [-0.4, -0.2) is 31.7 Å². The van der Waals surface area contributed by atoms with E-state index >= 15 is 0 Å². The minimum atomic E-state index is -0.510. The Bertz CT molecular complexity index is 710. The SMILES string of the molecule is CCCn1c(Sc2nc(NC)ccc2[N+](=O)[O-])n[nH]c1=O. The van der Waals surface area contributed by atoms with Gasteiger partial charge in [0.05, 0.1) is 4.92 Å². The minimum Gasteiger partial charge on any atom is -0.373 e. The van der Waals surface area contributed by atoms with Crippen LogP contribution in [0, 0.1) is 10.1 Å². The first-order chi connectivity index (χ1) is 10.1. The van der Waals surface area contributed by atoms with E-state index in [1.807, 2.05) is 6.92 Å². The zero-order chi connectivity index (χ0) is 15.4. The van der Waals surface area contributed by atoms with Crippen LogP contribution in [0.1, 0.15) is 13.3 Å². The third-order valence-corrected chi connectivity index (χ3v) is 3.64. The lowest BCUT2D eigenvalue weighted by Gasteiger charge is -2.05. The van der Waals surface area contributed by atoms with Gasteiger partial charge in [-0.3, -0.25) is 14.7 Å². The Morgan fingerprint density at radius 2 is 2.29 bits per heavy atom. The Morgan fingerprint density at radius 3 is 2.90 bits per heavy atom. The van der Waals surface area contributed by atoms with Crippen molar-refractivity contribution < 1.29 is 4.92 Å². The van der Waals surface area contributed by atoms with Gasteiger partial charge in [0.15, 0.2) is 10.2 Å². The predicted octanol–water partition coefficient (Wildman–Crippen LogP) is 1.48. The fourth-order valence-corrected chi connectivity index (χ4v) is 2.61. The lowest BCUT2D eigenvalue weighted by atomic mass is 10.4. The van der Waals surface area contributed by atoms with Crippen LogP contribution < -0.4 is 11.0 Å². The van der Waals surface area contributed by atoms with E-state index in [-0.39, 0.29) is 16.4 Å². The van der Waals surface area contributed by atoms with Crippen molar-refractivity contribution in [1.82, 2.24) is 19.7 Å². The molecule has 0 aliphatic heterocycles. The van der Waals surface area contributed by atoms with E-state index in [1.54, 1.807) is 7.05 Å². The summed E-state index contributed by atoms with van der Waals surface area (Å²) >= 11 is 0.987. The molecule has 0 amide bonds. The zero-order valence-corrected chi connectivity index (χ0v) is 12.3. The van der Waals surface area contributed by atoms with E-state index in [9.17, 15) is 14.9 Å². The Hall–Kier alpha value is -2.36. The molecule has 0 aliphatic carbocycles. The van der Waals surface area contributed by atoms with Gasteiger partial charge in [-0.15, -0.1) is 5.10 Å². The maximum Gasteiger partial charge on any atom is 0.343 e. The molecule has 0 spiro atoms. The number of aromatic nitrogens is 4. The molecule has 0 radical (unpaired) electrons. The van der Waals surface area contributed by atoms with Gasteiger partial charge >= 0.3 is 11.4 Å². The van der Waals surface area contributed by atoms with Gasteiger partial charge in [0.2, 0.25) is 0 Å². The molecular formula is C11H14N6O3S. The number of hydrogen-bond acceptors (Lipinski definition) is 7. The van der Waals surface area contributed by atoms with Crippen LogP contribution in [0.5, 0.6) is 0 Å². The Kier molecular flexibility index (Phi) is 4.58. The van der Waals surface area contributed by atoms with Gasteiger partial charge in [-0.05, 0) is 24.2 Å². The first-order valence-electron chi connectivity index (χ1n) is 6.23. The fraction of sp³-hybridized carbons (Fsp3) is 0.364. The van der Waals surface area contributed by atoms with E-state index in [4.69, 9.17) is 0 Å². The Morgan fingerprint density at radius 1 is 1.52 bits per heavy atom. The highest BCUT2D eigenvalue weighted by Gasteiger charge is 2.20. The number of pyridine rings is 1. The molecule has 10 heteroatoms. The van der Waals surface area contributed by atoms with Crippen LogP contribution >= 0.6 is 11.8 Å². The third-order valence-electron chi connectivity index (χ3n) is 2.65. The van der Waals surface area contributed by atoms with Gasteiger partial charge in [0.1, 0.15) is 5.82 Å². The summed E-state index contributed by atoms with van der Waals surface area (Å²) < 4.78 is 1.43. The second-order valence-corrected chi connectivity index (χ2v) is 5.05. The van der Waals surface area contributed by atoms with Crippen molar-refractivity contribution in [2.75, 3.05) is 12.4 Å². The molecule has 112 valence electrons. The molecule has 2 heterocycles. The molecule has 21 heavy (non-hydrogen) atoms. The highest BCUT2D eigenvalue weighted by molar-refractivity contribution is 7.99. The summed E-state index contributed by atoms with van der Waals surface area (Å²) in [5.74, 6) is 0.503. The number of anilines is 1. The van der Waals surface area contributed by atoms with Gasteiger partial charge in [0.25, 0.3) is 0 Å². The summed E-state index contributed by atoms with van der Waals surface area (Å²) in [5, 5.41) is 20.7. The predicted molar refractivity (Wildman–Crippen MR) is 77.7 cm³/mol. The van der Waals surface area contributed by atoms with E-state index in [0.29, 0.717) is 17.5 Å². The van der Waals surface area contributed by atoms with Crippen molar-refractivity contribution in [2.45, 2.75) is 30.1 Å². The molecule has 0 atom stereocenters. The summed E-state index contributed by atoms with van der Waals surface area (Å²) in [5.41, 5.74) is -0.468. The topological polar surface area (TPSA) is 119 Å². The number of aromatic amines is 1. The summed E-state index contributed by atoms with van der Waals surface area (Å²) in [6.45, 7) is 2.41. The van der Waals surface area contributed by atoms with Gasteiger partial charge < -0.3 is 5.32 Å². The van der Waals surface area contributed by atoms with Gasteiger partial charge in [-0.1, -0.05) is 6.92 Å². The van der Waals surface area contributed by atoms with Crippen molar-refractivity contribution in [3.63, 3.8) is 0 Å². The Balaban J connectivity index is 2.43. The van der Waals surface area contributed by atoms with E-state index in [1.165, 1.54) is 16.7 Å². The lowest BCUT2D eigenvalue weighted by Crippen LogP contribution is -2.17. The van der Waals surface area contributed by atoms with Crippen LogP contribution in [0.15, 0.2) is 27.1 Å². The molecule has 0 fully saturated rings. The van der Waals surface area contributed by atoms with Gasteiger partial charge in [-0.25, -0.2) is 14.9 Å². The molecule has 0 aromatic carbocycles. The van der Waals surface area contributed by atoms with Gasteiger partial charge in [-0.2, -0.15) is 0 Å². The maximum absolute atomic E-state index is 11.6. The molecule has 0 unspecified atom stereocenters. The number of hydrogen-bond donors (Lipinski definition) is 2. The van der Waals surface area contributed by atoms with Crippen LogP contribution in [0.25, 0.3) is 0 Å². The normalized spacial score (nSPS) is 10.6. The van der Waals surface area contributed by atoms with Crippen LogP contribution in [-0.2, 0) is 6.54 Å². The standard InChI is InChI=1S/C11H14N6O3S/c1-3-6-16-10(18)14-15-11(16)21-9-7(17(19)20)4-5-8(12-2)13-9/h4-5H,3,6H2,1-2H3,(H,12,13)(H,14,18). The second-order valence-electron chi connectivity index (χ2n) is 4.09. The van der Waals surface area contributed by atoms with Crippen molar-refractivity contribution in [3.05, 3.63) is 32.7 Å². The first kappa shape index (κ1) is 15.0. The minimum absolute atomic E-state index is 0.127. The molecule has 2 aromatic rings. The number of nitro groups is 1. The first-order valence-corrected chi connectivity index (χ1v) is 7.04. The third kappa shape index (κ3) is 3.21. The average Bonchev–Trinajstić information content (AvgIpc) is 2.80. The van der Waals surface area contributed by atoms with E-state index < -0.39 is 4.92 Å². The molecule has 0 saturated heterocycles. The quantitative estimate of drug-likeness (QED) is 0.612. The summed E-state index contributed by atoms with van der Waals surface area (Å²) in [7, 11) is 1.67. The molecule has 0 bridgehead atoms. The highest BCUT2D eigenvalue weighted by Crippen LogP contribution is 2.32. The number of nitrogens with zero attached hydrogens (tertiary/aromatic N) is 4. The number of nitrogens with one attached hydrogen (secondary N) is 2. The molecule has 2 rings (SSSR count). The largest absolute Gasteiger partial charge is 0.373 e. The van der Waals surface area contributed by atoms with Crippen molar-refractivity contribution in [3.8, 4) is 0 Å². The van der Waals surface area contributed by atoms with Crippen LogP contribution in [0.4, 0.5) is 11.5 Å². The Labute approximate surface area is 123 Å². The smallest absolute Gasteiger partial charge is 0.343 e. The van der Waals surface area contributed by atoms with E-state index in [2.05, 4.69) is 20.5 Å². The van der Waals surface area contributed by atoms with E-state index in [0.717, 1.165) is 18.2 Å². The van der Waals surface area contributed by atoms with Gasteiger partial charge in [0, 0.05) is 19.7 Å². The molecule has 0 aliphatic rings. The highest BCUT2D eigenvalue weighted by atomic mass is 32.2. The average molecular weight is 310 g/mol. The molecular weight excluding hydrogens is 296 g/mol. The number of rotatable bonds is 6. The maximum atomic E-state index is 11.6. The van der Waals surface area contributed by atoms with Crippen molar-refractivity contribution >= 4 is 23.3 Å². The molecule has 9 nitrogen and oxygen atoms in total.